The fourth-order valence-electron chi connectivity index (χ4n) is 1.69. The highest BCUT2D eigenvalue weighted by Gasteiger charge is 2.31. The Labute approximate surface area is 106 Å². The van der Waals surface area contributed by atoms with Crippen LogP contribution in [0.5, 0.6) is 0 Å². The van der Waals surface area contributed by atoms with Crippen molar-refractivity contribution in [2.75, 3.05) is 0 Å². The smallest absolute Gasteiger partial charge is 0.212 e. The van der Waals surface area contributed by atoms with Crippen LogP contribution in [0.25, 0.3) is 5.69 Å². The summed E-state index contributed by atoms with van der Waals surface area (Å²) in [5.41, 5.74) is -0.155. The van der Waals surface area contributed by atoms with Crippen molar-refractivity contribution in [1.82, 2.24) is 9.78 Å². The molecular formula is C14H16N2O2. The van der Waals surface area contributed by atoms with Gasteiger partial charge in [0.25, 0.3) is 0 Å². The Balaban J connectivity index is 2.44. The maximum absolute atomic E-state index is 12.2. The van der Waals surface area contributed by atoms with Crippen LogP contribution in [-0.4, -0.2) is 26.3 Å². The Bertz CT molecular complexity index is 544. The van der Waals surface area contributed by atoms with Crippen LogP contribution in [0.1, 0.15) is 30.8 Å². The van der Waals surface area contributed by atoms with Crippen molar-refractivity contribution in [1.29, 1.82) is 0 Å². The summed E-state index contributed by atoms with van der Waals surface area (Å²) in [7, 11) is 0. The van der Waals surface area contributed by atoms with Crippen molar-refractivity contribution in [3.8, 4) is 5.69 Å². The Morgan fingerprint density at radius 3 is 2.61 bits per heavy atom. The van der Waals surface area contributed by atoms with Crippen LogP contribution < -0.4 is 0 Å². The third-order valence-electron chi connectivity index (χ3n) is 3.05. The van der Waals surface area contributed by atoms with Crippen molar-refractivity contribution in [2.45, 2.75) is 25.9 Å². The number of hydrogen-bond acceptors (Lipinski definition) is 3. The highest BCUT2D eigenvalue weighted by Crippen LogP contribution is 2.19. The number of aliphatic hydroxyl groups is 1. The molecule has 0 radical (unpaired) electrons. The van der Waals surface area contributed by atoms with Crippen LogP contribution >= 0.6 is 0 Å². The van der Waals surface area contributed by atoms with Gasteiger partial charge >= 0.3 is 0 Å². The molecule has 0 aliphatic heterocycles. The Hall–Kier alpha value is -1.94. The third-order valence-corrected chi connectivity index (χ3v) is 3.05. The molecule has 1 aromatic carbocycles. The highest BCUT2D eigenvalue weighted by atomic mass is 16.3. The minimum Gasteiger partial charge on any atom is -0.382 e. The van der Waals surface area contributed by atoms with Crippen molar-refractivity contribution in [2.24, 2.45) is 0 Å². The molecule has 1 N–H and O–H groups in total. The maximum Gasteiger partial charge on any atom is 0.212 e. The molecular weight excluding hydrogens is 228 g/mol. The predicted octanol–water partition coefficient (Wildman–Crippen LogP) is 2.22. The number of para-hydroxylation sites is 1. The molecule has 2 aromatic rings. The summed E-state index contributed by atoms with van der Waals surface area (Å²) in [6.45, 7) is 3.30. The van der Waals surface area contributed by atoms with Gasteiger partial charge in [0.2, 0.25) is 5.78 Å². The minimum atomic E-state index is -1.35. The van der Waals surface area contributed by atoms with E-state index in [2.05, 4.69) is 5.10 Å². The summed E-state index contributed by atoms with van der Waals surface area (Å²) in [6.07, 6.45) is 1.93. The van der Waals surface area contributed by atoms with Crippen LogP contribution in [0.3, 0.4) is 0 Å². The molecule has 4 nitrogen and oxygen atoms in total. The summed E-state index contributed by atoms with van der Waals surface area (Å²) in [5, 5.41) is 14.2. The zero-order valence-corrected chi connectivity index (χ0v) is 10.5. The number of rotatable bonds is 4. The first-order valence-electron chi connectivity index (χ1n) is 5.93. The molecule has 0 saturated carbocycles. The van der Waals surface area contributed by atoms with Crippen molar-refractivity contribution < 1.29 is 9.90 Å². The molecule has 0 spiro atoms. The second kappa shape index (κ2) is 4.74. The summed E-state index contributed by atoms with van der Waals surface area (Å²) in [6, 6.07) is 11.0. The van der Waals surface area contributed by atoms with Gasteiger partial charge in [-0.1, -0.05) is 25.1 Å². The van der Waals surface area contributed by atoms with Crippen LogP contribution in [0, 0.1) is 0 Å². The standard InChI is InChI=1S/C14H16N2O2/c1-3-14(2,18)13(17)12-9-10-15-16(12)11-7-5-4-6-8-11/h4-10,18H,3H2,1-2H3. The summed E-state index contributed by atoms with van der Waals surface area (Å²) < 4.78 is 1.55. The molecule has 0 aliphatic rings. The highest BCUT2D eigenvalue weighted by molar-refractivity contribution is 6.01. The van der Waals surface area contributed by atoms with E-state index in [0.29, 0.717) is 12.1 Å². The van der Waals surface area contributed by atoms with Gasteiger partial charge in [-0.15, -0.1) is 0 Å². The largest absolute Gasteiger partial charge is 0.382 e. The van der Waals surface area contributed by atoms with Gasteiger partial charge in [0.05, 0.1) is 11.9 Å². The SMILES string of the molecule is CCC(C)(O)C(=O)c1ccnn1-c1ccccc1. The number of hydrogen-bond donors (Lipinski definition) is 1. The quantitative estimate of drug-likeness (QED) is 0.839. The zero-order valence-electron chi connectivity index (χ0n) is 10.5. The Kier molecular flexibility index (Phi) is 3.30. The number of benzene rings is 1. The normalized spacial score (nSPS) is 14.2. The molecule has 1 unspecified atom stereocenters. The summed E-state index contributed by atoms with van der Waals surface area (Å²) in [5.74, 6) is -0.314. The lowest BCUT2D eigenvalue weighted by molar-refractivity contribution is 0.0382. The lowest BCUT2D eigenvalue weighted by Crippen LogP contribution is -2.35. The predicted molar refractivity (Wildman–Crippen MR) is 68.8 cm³/mol. The number of ketones is 1. The van der Waals surface area contributed by atoms with Gasteiger partial charge in [0.15, 0.2) is 0 Å². The lowest BCUT2D eigenvalue weighted by atomic mass is 9.95. The van der Waals surface area contributed by atoms with Crippen LogP contribution in [-0.2, 0) is 0 Å². The number of carbonyl (C=O) groups is 1. The average Bonchev–Trinajstić information content (AvgIpc) is 2.87. The van der Waals surface area contributed by atoms with E-state index in [1.54, 1.807) is 23.9 Å². The van der Waals surface area contributed by atoms with E-state index in [9.17, 15) is 9.90 Å². The Morgan fingerprint density at radius 1 is 1.33 bits per heavy atom. The lowest BCUT2D eigenvalue weighted by Gasteiger charge is -2.19. The second-order valence-electron chi connectivity index (χ2n) is 4.42. The van der Waals surface area contributed by atoms with E-state index in [0.717, 1.165) is 5.69 Å². The van der Waals surface area contributed by atoms with Crippen molar-refractivity contribution in [3.05, 3.63) is 48.3 Å². The number of nitrogens with zero attached hydrogens (tertiary/aromatic N) is 2. The van der Waals surface area contributed by atoms with Gasteiger partial charge in [-0.3, -0.25) is 4.79 Å². The fourth-order valence-corrected chi connectivity index (χ4v) is 1.69. The van der Waals surface area contributed by atoms with Crippen LogP contribution in [0.4, 0.5) is 0 Å². The molecule has 2 rings (SSSR count). The monoisotopic (exact) mass is 244 g/mol. The molecule has 0 saturated heterocycles. The molecule has 1 heterocycles. The van der Waals surface area contributed by atoms with E-state index in [-0.39, 0.29) is 5.78 Å². The van der Waals surface area contributed by atoms with Gasteiger partial charge in [0, 0.05) is 0 Å². The van der Waals surface area contributed by atoms with Gasteiger partial charge in [0.1, 0.15) is 11.3 Å². The molecule has 4 heteroatoms. The van der Waals surface area contributed by atoms with Gasteiger partial charge in [-0.25, -0.2) is 4.68 Å². The summed E-state index contributed by atoms with van der Waals surface area (Å²) in [4.78, 5) is 12.2. The zero-order chi connectivity index (χ0) is 13.2. The van der Waals surface area contributed by atoms with E-state index < -0.39 is 5.60 Å². The van der Waals surface area contributed by atoms with E-state index in [4.69, 9.17) is 0 Å². The molecule has 1 aromatic heterocycles. The van der Waals surface area contributed by atoms with E-state index in [1.807, 2.05) is 30.3 Å². The second-order valence-corrected chi connectivity index (χ2v) is 4.42. The van der Waals surface area contributed by atoms with Crippen LogP contribution in [0.15, 0.2) is 42.6 Å². The molecule has 1 atom stereocenters. The number of aromatic nitrogens is 2. The molecule has 0 fully saturated rings. The Morgan fingerprint density at radius 2 is 2.00 bits per heavy atom. The maximum atomic E-state index is 12.2. The molecule has 0 bridgehead atoms. The van der Waals surface area contributed by atoms with Gasteiger partial charge in [-0.2, -0.15) is 5.10 Å². The first-order valence-corrected chi connectivity index (χ1v) is 5.93. The molecule has 0 amide bonds. The molecule has 18 heavy (non-hydrogen) atoms. The topological polar surface area (TPSA) is 55.1 Å². The van der Waals surface area contributed by atoms with Gasteiger partial charge < -0.3 is 5.11 Å². The summed E-state index contributed by atoms with van der Waals surface area (Å²) >= 11 is 0. The number of Topliss-reactive ketones (excluding diaryl/α,β-unsaturated/α-hetero) is 1. The first kappa shape index (κ1) is 12.5. The van der Waals surface area contributed by atoms with Gasteiger partial charge in [-0.05, 0) is 31.5 Å². The fraction of sp³-hybridized carbons (Fsp3) is 0.286. The van der Waals surface area contributed by atoms with Crippen LogP contribution in [0.2, 0.25) is 0 Å². The molecule has 0 aliphatic carbocycles. The van der Waals surface area contributed by atoms with E-state index >= 15 is 0 Å². The minimum absolute atomic E-state index is 0.314. The average molecular weight is 244 g/mol. The van der Waals surface area contributed by atoms with E-state index in [1.165, 1.54) is 6.92 Å². The first-order chi connectivity index (χ1) is 8.56. The third kappa shape index (κ3) is 2.19. The molecule has 94 valence electrons. The van der Waals surface area contributed by atoms with Crippen molar-refractivity contribution >= 4 is 5.78 Å². The van der Waals surface area contributed by atoms with Crippen molar-refractivity contribution in [3.63, 3.8) is 0 Å². The number of carbonyl (C=O) groups excluding carboxylic acids is 1.